The zero-order valence-electron chi connectivity index (χ0n) is 14.5. The third-order valence-corrected chi connectivity index (χ3v) is 4.89. The molecule has 3 rings (SSSR count). The summed E-state index contributed by atoms with van der Waals surface area (Å²) in [5.74, 6) is -0.168. The van der Waals surface area contributed by atoms with E-state index in [4.69, 9.17) is 0 Å². The Balaban J connectivity index is 1.51. The van der Waals surface area contributed by atoms with E-state index in [1.165, 1.54) is 11.3 Å². The molecule has 0 saturated heterocycles. The first-order valence-corrected chi connectivity index (χ1v) is 9.80. The van der Waals surface area contributed by atoms with Crippen molar-refractivity contribution in [3.05, 3.63) is 69.6 Å². The number of amides is 3. The summed E-state index contributed by atoms with van der Waals surface area (Å²) in [6.45, 7) is 1.98. The number of aromatic nitrogens is 1. The molecule has 0 aliphatic rings. The fourth-order valence-corrected chi connectivity index (χ4v) is 3.21. The van der Waals surface area contributed by atoms with Crippen molar-refractivity contribution >= 4 is 55.7 Å². The summed E-state index contributed by atoms with van der Waals surface area (Å²) < 4.78 is 0.944. The van der Waals surface area contributed by atoms with Gasteiger partial charge in [0.2, 0.25) is 5.91 Å². The fourth-order valence-electron chi connectivity index (χ4n) is 2.24. The summed E-state index contributed by atoms with van der Waals surface area (Å²) in [6.07, 6.45) is 0.133. The molecule has 0 atom stereocenters. The van der Waals surface area contributed by atoms with E-state index in [0.29, 0.717) is 22.2 Å². The molecule has 1 heterocycles. The van der Waals surface area contributed by atoms with Crippen LogP contribution in [0, 0.1) is 6.92 Å². The molecule has 0 spiro atoms. The van der Waals surface area contributed by atoms with E-state index in [9.17, 15) is 9.59 Å². The van der Waals surface area contributed by atoms with Crippen molar-refractivity contribution in [1.29, 1.82) is 0 Å². The van der Waals surface area contributed by atoms with Crippen LogP contribution in [0.5, 0.6) is 0 Å². The van der Waals surface area contributed by atoms with Crippen LogP contribution in [0.3, 0.4) is 0 Å². The van der Waals surface area contributed by atoms with Gasteiger partial charge in [0.05, 0.1) is 12.1 Å². The van der Waals surface area contributed by atoms with Crippen LogP contribution in [0.25, 0.3) is 0 Å². The number of nitrogens with zero attached hydrogens (tertiary/aromatic N) is 1. The number of hydrogen-bond donors (Lipinski definition) is 3. The van der Waals surface area contributed by atoms with Gasteiger partial charge < -0.3 is 10.6 Å². The van der Waals surface area contributed by atoms with Crippen molar-refractivity contribution in [3.8, 4) is 0 Å². The van der Waals surface area contributed by atoms with Crippen LogP contribution >= 0.6 is 27.3 Å². The molecule has 0 aliphatic carbocycles. The second-order valence-electron chi connectivity index (χ2n) is 5.82. The highest BCUT2D eigenvalue weighted by Gasteiger charge is 2.10. The van der Waals surface area contributed by atoms with Crippen LogP contribution in [0.4, 0.5) is 21.3 Å². The zero-order valence-corrected chi connectivity index (χ0v) is 16.9. The van der Waals surface area contributed by atoms with Gasteiger partial charge in [0.1, 0.15) is 0 Å². The number of carbonyl (C=O) groups is 2. The second kappa shape index (κ2) is 8.79. The maximum absolute atomic E-state index is 12.1. The van der Waals surface area contributed by atoms with Crippen molar-refractivity contribution in [2.45, 2.75) is 13.3 Å². The average Bonchev–Trinajstić information content (AvgIpc) is 3.05. The van der Waals surface area contributed by atoms with Crippen molar-refractivity contribution in [3.63, 3.8) is 0 Å². The first-order chi connectivity index (χ1) is 13.0. The van der Waals surface area contributed by atoms with Crippen molar-refractivity contribution in [1.82, 2.24) is 4.98 Å². The number of urea groups is 1. The predicted molar refractivity (Wildman–Crippen MR) is 112 cm³/mol. The molecule has 1 aromatic heterocycles. The van der Waals surface area contributed by atoms with E-state index in [2.05, 4.69) is 36.9 Å². The van der Waals surface area contributed by atoms with Gasteiger partial charge in [-0.3, -0.25) is 10.1 Å². The maximum Gasteiger partial charge on any atom is 0.325 e. The third-order valence-electron chi connectivity index (χ3n) is 3.55. The van der Waals surface area contributed by atoms with Gasteiger partial charge in [-0.25, -0.2) is 9.78 Å². The molecule has 6 nitrogen and oxygen atoms in total. The van der Waals surface area contributed by atoms with Gasteiger partial charge in [0.15, 0.2) is 5.13 Å². The van der Waals surface area contributed by atoms with Crippen LogP contribution in [-0.2, 0) is 11.2 Å². The lowest BCUT2D eigenvalue weighted by atomic mass is 10.2. The Hall–Kier alpha value is -2.71. The molecular formula is C19H17BrN4O2S. The van der Waals surface area contributed by atoms with Crippen LogP contribution in [0.15, 0.2) is 58.4 Å². The molecule has 138 valence electrons. The third kappa shape index (κ3) is 5.90. The predicted octanol–water partition coefficient (Wildman–Crippen LogP) is 5.04. The minimum Gasteiger partial charge on any atom is -0.326 e. The first-order valence-electron chi connectivity index (χ1n) is 8.12. The highest BCUT2D eigenvalue weighted by atomic mass is 79.9. The monoisotopic (exact) mass is 444 g/mol. The van der Waals surface area contributed by atoms with Crippen molar-refractivity contribution in [2.75, 3.05) is 16.0 Å². The number of benzene rings is 2. The average molecular weight is 445 g/mol. The van der Waals surface area contributed by atoms with E-state index >= 15 is 0 Å². The Bertz CT molecular complexity index is 863. The maximum atomic E-state index is 12.1. The topological polar surface area (TPSA) is 83.1 Å². The number of carbonyl (C=O) groups excluding carboxylic acids is 2. The number of rotatable bonds is 5. The van der Waals surface area contributed by atoms with E-state index < -0.39 is 0 Å². The van der Waals surface area contributed by atoms with E-state index in [-0.39, 0.29) is 18.4 Å². The molecule has 2 aromatic carbocycles. The summed E-state index contributed by atoms with van der Waals surface area (Å²) in [7, 11) is 0. The minimum atomic E-state index is -0.376. The van der Waals surface area contributed by atoms with Gasteiger partial charge in [0.25, 0.3) is 0 Å². The van der Waals surface area contributed by atoms with E-state index in [0.717, 1.165) is 10.0 Å². The second-order valence-corrected chi connectivity index (χ2v) is 7.59. The molecule has 0 fully saturated rings. The van der Waals surface area contributed by atoms with Crippen LogP contribution in [0.1, 0.15) is 11.3 Å². The number of aryl methyl sites for hydroxylation is 1. The van der Waals surface area contributed by atoms with Gasteiger partial charge in [-0.2, -0.15) is 0 Å². The van der Waals surface area contributed by atoms with Gasteiger partial charge >= 0.3 is 6.03 Å². The SMILES string of the molecule is Cc1ccc(NC(=O)Nc2nc(CC(=O)Nc3ccc(Br)cc3)cs2)cc1. The van der Waals surface area contributed by atoms with Crippen molar-refractivity contribution in [2.24, 2.45) is 0 Å². The highest BCUT2D eigenvalue weighted by Crippen LogP contribution is 2.18. The number of hydrogen-bond acceptors (Lipinski definition) is 4. The molecule has 0 aliphatic heterocycles. The molecular weight excluding hydrogens is 428 g/mol. The van der Waals surface area contributed by atoms with E-state index in [1.54, 1.807) is 5.38 Å². The lowest BCUT2D eigenvalue weighted by Crippen LogP contribution is -2.19. The van der Waals surface area contributed by atoms with Gasteiger partial charge in [-0.05, 0) is 43.3 Å². The van der Waals surface area contributed by atoms with E-state index in [1.807, 2.05) is 55.5 Å². The Labute approximate surface area is 169 Å². The smallest absolute Gasteiger partial charge is 0.325 e. The number of anilines is 3. The molecule has 0 radical (unpaired) electrons. The summed E-state index contributed by atoms with van der Waals surface area (Å²) >= 11 is 4.62. The first kappa shape index (κ1) is 19.1. The van der Waals surface area contributed by atoms with Gasteiger partial charge in [-0.1, -0.05) is 33.6 Å². The Morgan fingerprint density at radius 2 is 1.59 bits per heavy atom. The van der Waals surface area contributed by atoms with Crippen molar-refractivity contribution < 1.29 is 9.59 Å². The van der Waals surface area contributed by atoms with Crippen LogP contribution in [-0.4, -0.2) is 16.9 Å². The van der Waals surface area contributed by atoms with Gasteiger partial charge in [-0.15, -0.1) is 11.3 Å². The number of nitrogens with one attached hydrogen (secondary N) is 3. The lowest BCUT2D eigenvalue weighted by molar-refractivity contribution is -0.115. The number of halogens is 1. The summed E-state index contributed by atoms with van der Waals surface area (Å²) in [4.78, 5) is 28.4. The molecule has 8 heteroatoms. The van der Waals surface area contributed by atoms with Crippen LogP contribution in [0.2, 0.25) is 0 Å². The fraction of sp³-hybridized carbons (Fsp3) is 0.105. The summed E-state index contributed by atoms with van der Waals surface area (Å²) in [5, 5.41) is 10.4. The quantitative estimate of drug-likeness (QED) is 0.515. The minimum absolute atomic E-state index is 0.133. The molecule has 3 aromatic rings. The molecule has 3 N–H and O–H groups in total. The molecule has 27 heavy (non-hydrogen) atoms. The Morgan fingerprint density at radius 1 is 0.963 bits per heavy atom. The molecule has 3 amide bonds. The molecule has 0 unspecified atom stereocenters. The molecule has 0 saturated carbocycles. The Kier molecular flexibility index (Phi) is 6.20. The Morgan fingerprint density at radius 3 is 2.30 bits per heavy atom. The number of thiazole rings is 1. The summed E-state index contributed by atoms with van der Waals surface area (Å²) in [6, 6.07) is 14.4. The zero-order chi connectivity index (χ0) is 19.2. The summed E-state index contributed by atoms with van der Waals surface area (Å²) in [5.41, 5.74) is 3.13. The largest absolute Gasteiger partial charge is 0.326 e. The highest BCUT2D eigenvalue weighted by molar-refractivity contribution is 9.10. The molecule has 0 bridgehead atoms. The standard InChI is InChI=1S/C19H17BrN4O2S/c1-12-2-6-15(7-3-12)22-18(26)24-19-23-16(11-27-19)10-17(25)21-14-8-4-13(20)5-9-14/h2-9,11H,10H2,1H3,(H,21,25)(H2,22,23,24,26). The van der Waals surface area contributed by atoms with Crippen LogP contribution < -0.4 is 16.0 Å². The normalized spacial score (nSPS) is 10.3. The van der Waals surface area contributed by atoms with Gasteiger partial charge in [0, 0.05) is 21.2 Å². The lowest BCUT2D eigenvalue weighted by Gasteiger charge is -2.05.